The van der Waals surface area contributed by atoms with Crippen molar-refractivity contribution in [1.29, 1.82) is 0 Å². The highest BCUT2D eigenvalue weighted by Gasteiger charge is 2.36. The molecule has 0 heterocycles. The Balaban J connectivity index is 2.34. The molecule has 0 bridgehead atoms. The molecule has 0 aromatic carbocycles. The second-order valence-corrected chi connectivity index (χ2v) is 3.27. The first-order valence-corrected chi connectivity index (χ1v) is 4.66. The van der Waals surface area contributed by atoms with Gasteiger partial charge in [-0.15, -0.1) is 0 Å². The number of esters is 1. The van der Waals surface area contributed by atoms with Crippen molar-refractivity contribution in [2.75, 3.05) is 13.2 Å². The van der Waals surface area contributed by atoms with Gasteiger partial charge in [-0.3, -0.25) is 4.79 Å². The molecule has 0 saturated heterocycles. The van der Waals surface area contributed by atoms with E-state index < -0.39 is 0 Å². The highest BCUT2D eigenvalue weighted by molar-refractivity contribution is 5.73. The van der Waals surface area contributed by atoms with Crippen LogP contribution in [0.15, 0.2) is 0 Å². The standard InChI is InChI=1S/C9H17NO2/c1-2-12-9(11)8(5-6-10)7-3-4-7/h7-8H,2-6,10H2,1H3. The van der Waals surface area contributed by atoms with Crippen molar-refractivity contribution in [3.63, 3.8) is 0 Å². The third-order valence-corrected chi connectivity index (χ3v) is 2.26. The van der Waals surface area contributed by atoms with Crippen LogP contribution >= 0.6 is 0 Å². The first-order chi connectivity index (χ1) is 5.79. The number of hydrogen-bond donors (Lipinski definition) is 1. The molecule has 1 saturated carbocycles. The maximum absolute atomic E-state index is 11.3. The average Bonchev–Trinajstić information content (AvgIpc) is 2.83. The molecule has 1 unspecified atom stereocenters. The first kappa shape index (κ1) is 9.52. The highest BCUT2D eigenvalue weighted by Crippen LogP contribution is 2.38. The van der Waals surface area contributed by atoms with E-state index in [9.17, 15) is 4.79 Å². The maximum Gasteiger partial charge on any atom is 0.309 e. The molecule has 1 fully saturated rings. The first-order valence-electron chi connectivity index (χ1n) is 4.66. The van der Waals surface area contributed by atoms with Gasteiger partial charge in [0.15, 0.2) is 0 Å². The molecule has 1 aliphatic carbocycles. The molecule has 0 radical (unpaired) electrons. The van der Waals surface area contributed by atoms with Crippen LogP contribution in [-0.2, 0) is 9.53 Å². The largest absolute Gasteiger partial charge is 0.466 e. The Morgan fingerprint density at radius 3 is 2.75 bits per heavy atom. The molecule has 3 nitrogen and oxygen atoms in total. The minimum absolute atomic E-state index is 0.0505. The lowest BCUT2D eigenvalue weighted by atomic mass is 10.0. The quantitative estimate of drug-likeness (QED) is 0.626. The zero-order chi connectivity index (χ0) is 8.97. The predicted octanol–water partition coefficient (Wildman–Crippen LogP) is 0.924. The Labute approximate surface area is 73.3 Å². The summed E-state index contributed by atoms with van der Waals surface area (Å²) in [4.78, 5) is 11.3. The molecule has 0 aromatic rings. The summed E-state index contributed by atoms with van der Waals surface area (Å²) < 4.78 is 4.96. The van der Waals surface area contributed by atoms with Crippen molar-refractivity contribution in [3.05, 3.63) is 0 Å². The summed E-state index contributed by atoms with van der Waals surface area (Å²) in [6.07, 6.45) is 3.12. The van der Waals surface area contributed by atoms with Crippen LogP contribution in [0.3, 0.4) is 0 Å². The zero-order valence-electron chi connectivity index (χ0n) is 7.58. The third kappa shape index (κ3) is 2.48. The molecule has 2 N–H and O–H groups in total. The van der Waals surface area contributed by atoms with E-state index >= 15 is 0 Å². The van der Waals surface area contributed by atoms with Gasteiger partial charge in [0.2, 0.25) is 0 Å². The van der Waals surface area contributed by atoms with Gasteiger partial charge in [-0.05, 0) is 38.6 Å². The molecule has 1 aliphatic rings. The lowest BCUT2D eigenvalue weighted by Crippen LogP contribution is -2.22. The van der Waals surface area contributed by atoms with Crippen molar-refractivity contribution in [3.8, 4) is 0 Å². The summed E-state index contributed by atoms with van der Waals surface area (Å²) in [7, 11) is 0. The van der Waals surface area contributed by atoms with Crippen LogP contribution in [-0.4, -0.2) is 19.1 Å². The fourth-order valence-corrected chi connectivity index (χ4v) is 1.47. The van der Waals surface area contributed by atoms with E-state index in [-0.39, 0.29) is 11.9 Å². The van der Waals surface area contributed by atoms with Crippen LogP contribution in [0.25, 0.3) is 0 Å². The zero-order valence-corrected chi connectivity index (χ0v) is 7.58. The van der Waals surface area contributed by atoms with Crippen molar-refractivity contribution in [1.82, 2.24) is 0 Å². The number of hydrogen-bond acceptors (Lipinski definition) is 3. The van der Waals surface area contributed by atoms with Crippen LogP contribution in [0.2, 0.25) is 0 Å². The smallest absolute Gasteiger partial charge is 0.309 e. The lowest BCUT2D eigenvalue weighted by Gasteiger charge is -2.12. The third-order valence-electron chi connectivity index (χ3n) is 2.26. The highest BCUT2D eigenvalue weighted by atomic mass is 16.5. The lowest BCUT2D eigenvalue weighted by molar-refractivity contribution is -0.149. The average molecular weight is 171 g/mol. The second-order valence-electron chi connectivity index (χ2n) is 3.27. The van der Waals surface area contributed by atoms with Crippen LogP contribution in [0, 0.1) is 11.8 Å². The van der Waals surface area contributed by atoms with Gasteiger partial charge in [-0.1, -0.05) is 0 Å². The summed E-state index contributed by atoms with van der Waals surface area (Å²) in [6.45, 7) is 2.90. The molecule has 0 aromatic heterocycles. The Hall–Kier alpha value is -0.570. The molecular formula is C9H17NO2. The van der Waals surface area contributed by atoms with Crippen molar-refractivity contribution < 1.29 is 9.53 Å². The minimum atomic E-state index is -0.0505. The number of nitrogens with two attached hydrogens (primary N) is 1. The summed E-state index contributed by atoms with van der Waals surface area (Å²) in [6, 6.07) is 0. The number of carbonyl (C=O) groups excluding carboxylic acids is 1. The van der Waals surface area contributed by atoms with E-state index in [4.69, 9.17) is 10.5 Å². The van der Waals surface area contributed by atoms with Crippen LogP contribution in [0.1, 0.15) is 26.2 Å². The Kier molecular flexibility index (Phi) is 3.53. The summed E-state index contributed by atoms with van der Waals surface area (Å²) in [5.41, 5.74) is 5.42. The Morgan fingerprint density at radius 2 is 2.33 bits per heavy atom. The predicted molar refractivity (Wildman–Crippen MR) is 46.5 cm³/mol. The number of ether oxygens (including phenoxy) is 1. The topological polar surface area (TPSA) is 52.3 Å². The van der Waals surface area contributed by atoms with Gasteiger partial charge >= 0.3 is 5.97 Å². The second kappa shape index (κ2) is 4.45. The van der Waals surface area contributed by atoms with Gasteiger partial charge in [0.1, 0.15) is 0 Å². The van der Waals surface area contributed by atoms with Gasteiger partial charge in [0, 0.05) is 0 Å². The number of rotatable bonds is 5. The van der Waals surface area contributed by atoms with Gasteiger partial charge in [-0.2, -0.15) is 0 Å². The van der Waals surface area contributed by atoms with Crippen molar-refractivity contribution in [2.24, 2.45) is 17.6 Å². The molecule has 0 spiro atoms. The minimum Gasteiger partial charge on any atom is -0.466 e. The molecule has 12 heavy (non-hydrogen) atoms. The van der Waals surface area contributed by atoms with Crippen molar-refractivity contribution in [2.45, 2.75) is 26.2 Å². The van der Waals surface area contributed by atoms with E-state index in [0.717, 1.165) is 6.42 Å². The van der Waals surface area contributed by atoms with Gasteiger partial charge in [0.05, 0.1) is 12.5 Å². The SMILES string of the molecule is CCOC(=O)C(CCN)C1CC1. The summed E-state index contributed by atoms with van der Waals surface area (Å²) in [5.74, 6) is 0.591. The molecule has 70 valence electrons. The summed E-state index contributed by atoms with van der Waals surface area (Å²) in [5, 5.41) is 0. The van der Waals surface area contributed by atoms with Crippen LogP contribution < -0.4 is 5.73 Å². The van der Waals surface area contributed by atoms with Crippen molar-refractivity contribution >= 4 is 5.97 Å². The fourth-order valence-electron chi connectivity index (χ4n) is 1.47. The summed E-state index contributed by atoms with van der Waals surface area (Å²) >= 11 is 0. The molecule has 1 rings (SSSR count). The molecular weight excluding hydrogens is 154 g/mol. The monoisotopic (exact) mass is 171 g/mol. The molecule has 0 aliphatic heterocycles. The molecule has 0 amide bonds. The van der Waals surface area contributed by atoms with Gasteiger partial charge < -0.3 is 10.5 Å². The van der Waals surface area contributed by atoms with E-state index in [2.05, 4.69) is 0 Å². The normalized spacial score (nSPS) is 18.8. The van der Waals surface area contributed by atoms with Crippen LogP contribution in [0.4, 0.5) is 0 Å². The van der Waals surface area contributed by atoms with Gasteiger partial charge in [-0.25, -0.2) is 0 Å². The Morgan fingerprint density at radius 1 is 1.67 bits per heavy atom. The van der Waals surface area contributed by atoms with E-state index in [1.54, 1.807) is 0 Å². The van der Waals surface area contributed by atoms with E-state index in [1.807, 2.05) is 6.92 Å². The van der Waals surface area contributed by atoms with E-state index in [0.29, 0.717) is 19.1 Å². The molecule has 3 heteroatoms. The van der Waals surface area contributed by atoms with Gasteiger partial charge in [0.25, 0.3) is 0 Å². The van der Waals surface area contributed by atoms with E-state index in [1.165, 1.54) is 12.8 Å². The Bertz CT molecular complexity index is 155. The fraction of sp³-hybridized carbons (Fsp3) is 0.889. The maximum atomic E-state index is 11.3. The van der Waals surface area contributed by atoms with Crippen LogP contribution in [0.5, 0.6) is 0 Å². The number of carbonyl (C=O) groups is 1. The molecule has 1 atom stereocenters.